The van der Waals surface area contributed by atoms with E-state index in [1.165, 1.54) is 199 Å². The van der Waals surface area contributed by atoms with Crippen LogP contribution in [0.5, 0.6) is 0 Å². The average molecular weight is 493 g/mol. The predicted molar refractivity (Wildman–Crippen MR) is 164 cm³/mol. The van der Waals surface area contributed by atoms with Gasteiger partial charge in [0, 0.05) is 0 Å². The predicted octanol–water partition coefficient (Wildman–Crippen LogP) is 13.8. The monoisotopic (exact) mass is 493 g/mol. The maximum Gasteiger partial charge on any atom is -0.0414 e. The lowest BCUT2D eigenvalue weighted by molar-refractivity contribution is 0.367. The summed E-state index contributed by atoms with van der Waals surface area (Å²) in [4.78, 5) is 0. The van der Waals surface area contributed by atoms with Crippen molar-refractivity contribution in [2.75, 3.05) is 0 Å². The Balaban J connectivity index is 3.57. The Hall–Kier alpha value is 0. The minimum atomic E-state index is 1.04. The molecule has 0 nitrogen and oxygen atoms in total. The molecule has 0 N–H and O–H groups in total. The number of hydrogen-bond acceptors (Lipinski definition) is 0. The zero-order valence-electron chi connectivity index (χ0n) is 25.5. The fourth-order valence-corrected chi connectivity index (χ4v) is 5.84. The van der Waals surface area contributed by atoms with Crippen molar-refractivity contribution in [2.24, 2.45) is 5.92 Å². The number of rotatable bonds is 31. The summed E-state index contributed by atoms with van der Waals surface area (Å²) in [6.07, 6.45) is 45.8. The molecule has 0 aromatic rings. The van der Waals surface area contributed by atoms with Crippen LogP contribution in [0, 0.1) is 5.92 Å². The van der Waals surface area contributed by atoms with Gasteiger partial charge in [0.15, 0.2) is 0 Å². The lowest BCUT2D eigenvalue weighted by Gasteiger charge is -2.17. The largest absolute Gasteiger partial charge is 0.0654 e. The molecule has 0 amide bonds. The molecule has 0 aromatic heterocycles. The molecule has 0 aliphatic rings. The van der Waals surface area contributed by atoms with Gasteiger partial charge >= 0.3 is 0 Å². The SMILES string of the molecule is CCCCCCCCCCCCCCCC(CCCCC)CCCCCCCCCCCCCC. The van der Waals surface area contributed by atoms with Crippen LogP contribution in [0.2, 0.25) is 0 Å². The van der Waals surface area contributed by atoms with Crippen molar-refractivity contribution in [3.05, 3.63) is 0 Å². The topological polar surface area (TPSA) is 0 Å². The van der Waals surface area contributed by atoms with Gasteiger partial charge in [0.1, 0.15) is 0 Å². The molecule has 0 fully saturated rings. The Bertz CT molecular complexity index is 346. The van der Waals surface area contributed by atoms with Gasteiger partial charge in [0.05, 0.1) is 0 Å². The molecule has 0 saturated carbocycles. The molecule has 0 aromatic carbocycles. The molecule has 212 valence electrons. The molecule has 0 aliphatic heterocycles. The molecule has 35 heavy (non-hydrogen) atoms. The van der Waals surface area contributed by atoms with Crippen LogP contribution < -0.4 is 0 Å². The van der Waals surface area contributed by atoms with Crippen LogP contribution in [0.25, 0.3) is 0 Å². The second-order valence-electron chi connectivity index (χ2n) is 12.1. The van der Waals surface area contributed by atoms with Crippen LogP contribution in [-0.4, -0.2) is 0 Å². The minimum absolute atomic E-state index is 1.04. The van der Waals surface area contributed by atoms with E-state index in [2.05, 4.69) is 20.8 Å². The number of unbranched alkanes of at least 4 members (excludes halogenated alkanes) is 25. The van der Waals surface area contributed by atoms with E-state index in [-0.39, 0.29) is 0 Å². The zero-order chi connectivity index (χ0) is 25.5. The fraction of sp³-hybridized carbons (Fsp3) is 1.00. The summed E-state index contributed by atoms with van der Waals surface area (Å²) in [6.45, 7) is 6.98. The first-order valence-electron chi connectivity index (χ1n) is 17.3. The highest BCUT2D eigenvalue weighted by Gasteiger charge is 2.08. The van der Waals surface area contributed by atoms with Crippen LogP contribution in [0.1, 0.15) is 220 Å². The Morgan fingerprint density at radius 3 is 0.657 bits per heavy atom. The van der Waals surface area contributed by atoms with E-state index in [0.29, 0.717) is 0 Å². The third kappa shape index (κ3) is 30.1. The molecular weight excluding hydrogens is 420 g/mol. The summed E-state index contributed by atoms with van der Waals surface area (Å²) in [5.41, 5.74) is 0. The average Bonchev–Trinajstić information content (AvgIpc) is 2.87. The molecule has 0 aliphatic carbocycles. The molecule has 0 radical (unpaired) electrons. The van der Waals surface area contributed by atoms with Crippen LogP contribution in [-0.2, 0) is 0 Å². The highest BCUT2D eigenvalue weighted by molar-refractivity contribution is 4.62. The summed E-state index contributed by atoms with van der Waals surface area (Å²) < 4.78 is 0. The maximum atomic E-state index is 2.35. The van der Waals surface area contributed by atoms with Crippen molar-refractivity contribution in [1.29, 1.82) is 0 Å². The van der Waals surface area contributed by atoms with Crippen LogP contribution >= 0.6 is 0 Å². The van der Waals surface area contributed by atoms with Gasteiger partial charge < -0.3 is 0 Å². The molecule has 0 heteroatoms. The minimum Gasteiger partial charge on any atom is -0.0654 e. The smallest absolute Gasteiger partial charge is 0.0414 e. The van der Waals surface area contributed by atoms with Crippen LogP contribution in [0.15, 0.2) is 0 Å². The van der Waals surface area contributed by atoms with Gasteiger partial charge in [-0.3, -0.25) is 0 Å². The first-order chi connectivity index (χ1) is 17.3. The molecule has 0 heterocycles. The number of hydrogen-bond donors (Lipinski definition) is 0. The zero-order valence-corrected chi connectivity index (χ0v) is 25.5. The van der Waals surface area contributed by atoms with Gasteiger partial charge in [0.25, 0.3) is 0 Å². The van der Waals surface area contributed by atoms with E-state index in [1.54, 1.807) is 0 Å². The quantitative estimate of drug-likeness (QED) is 0.0844. The van der Waals surface area contributed by atoms with Crippen molar-refractivity contribution < 1.29 is 0 Å². The third-order valence-corrected chi connectivity index (χ3v) is 8.40. The van der Waals surface area contributed by atoms with Crippen molar-refractivity contribution in [3.63, 3.8) is 0 Å². The Kier molecular flexibility index (Phi) is 32.0. The van der Waals surface area contributed by atoms with Crippen LogP contribution in [0.4, 0.5) is 0 Å². The second kappa shape index (κ2) is 32.0. The summed E-state index contributed by atoms with van der Waals surface area (Å²) >= 11 is 0. The second-order valence-corrected chi connectivity index (χ2v) is 12.1. The lowest BCUT2D eigenvalue weighted by Crippen LogP contribution is -2.01. The molecule has 0 bridgehead atoms. The Labute approximate surface area is 225 Å². The van der Waals surface area contributed by atoms with E-state index < -0.39 is 0 Å². The summed E-state index contributed by atoms with van der Waals surface area (Å²) in [7, 11) is 0. The highest BCUT2D eigenvalue weighted by atomic mass is 14.1. The van der Waals surface area contributed by atoms with Gasteiger partial charge in [-0.25, -0.2) is 0 Å². The lowest BCUT2D eigenvalue weighted by atomic mass is 9.89. The van der Waals surface area contributed by atoms with E-state index >= 15 is 0 Å². The first kappa shape index (κ1) is 35.0. The first-order valence-corrected chi connectivity index (χ1v) is 17.3. The van der Waals surface area contributed by atoms with Crippen LogP contribution in [0.3, 0.4) is 0 Å². The third-order valence-electron chi connectivity index (χ3n) is 8.40. The van der Waals surface area contributed by atoms with Gasteiger partial charge in [-0.15, -0.1) is 0 Å². The molecular formula is C35H72. The molecule has 0 spiro atoms. The Morgan fingerprint density at radius 1 is 0.229 bits per heavy atom. The molecule has 0 rings (SSSR count). The van der Waals surface area contributed by atoms with Gasteiger partial charge in [-0.05, 0) is 5.92 Å². The standard InChI is InChI=1S/C35H72/c1-4-7-10-12-14-16-18-20-22-24-26-28-31-34-35(32-29-9-6-3)33-30-27-25-23-21-19-17-15-13-11-8-5-2/h35H,4-34H2,1-3H3. The summed E-state index contributed by atoms with van der Waals surface area (Å²) in [6, 6.07) is 0. The Morgan fingerprint density at radius 2 is 0.400 bits per heavy atom. The fourth-order valence-electron chi connectivity index (χ4n) is 5.84. The van der Waals surface area contributed by atoms with Crippen molar-refractivity contribution in [1.82, 2.24) is 0 Å². The molecule has 0 saturated heterocycles. The van der Waals surface area contributed by atoms with E-state index in [1.807, 2.05) is 0 Å². The summed E-state index contributed by atoms with van der Waals surface area (Å²) in [5, 5.41) is 0. The summed E-state index contributed by atoms with van der Waals surface area (Å²) in [5.74, 6) is 1.04. The molecule has 1 atom stereocenters. The van der Waals surface area contributed by atoms with E-state index in [0.717, 1.165) is 5.92 Å². The van der Waals surface area contributed by atoms with Gasteiger partial charge in [-0.1, -0.05) is 220 Å². The molecule has 1 unspecified atom stereocenters. The van der Waals surface area contributed by atoms with E-state index in [9.17, 15) is 0 Å². The maximum absolute atomic E-state index is 2.35. The van der Waals surface area contributed by atoms with Gasteiger partial charge in [-0.2, -0.15) is 0 Å². The van der Waals surface area contributed by atoms with E-state index in [4.69, 9.17) is 0 Å². The van der Waals surface area contributed by atoms with Crippen molar-refractivity contribution in [2.45, 2.75) is 220 Å². The highest BCUT2D eigenvalue weighted by Crippen LogP contribution is 2.24. The normalized spacial score (nSPS) is 12.4. The van der Waals surface area contributed by atoms with Crippen molar-refractivity contribution in [3.8, 4) is 0 Å². The van der Waals surface area contributed by atoms with Gasteiger partial charge in [0.2, 0.25) is 0 Å². The van der Waals surface area contributed by atoms with Crippen molar-refractivity contribution >= 4 is 0 Å².